The summed E-state index contributed by atoms with van der Waals surface area (Å²) in [7, 11) is 1.47. The fraction of sp³-hybridized carbons (Fsp3) is 0.421. The monoisotopic (exact) mass is 451 g/mol. The van der Waals surface area contributed by atoms with E-state index in [9.17, 15) is 9.59 Å². The summed E-state index contributed by atoms with van der Waals surface area (Å²) in [6.45, 7) is 3.72. The van der Waals surface area contributed by atoms with E-state index in [2.05, 4.69) is 26.6 Å². The molecule has 8 nitrogen and oxygen atoms in total. The molecule has 1 aliphatic rings. The first-order chi connectivity index (χ1) is 13.5. The zero-order valence-corrected chi connectivity index (χ0v) is 17.5. The highest BCUT2D eigenvalue weighted by atomic mass is 79.9. The highest BCUT2D eigenvalue weighted by Crippen LogP contribution is 2.41. The van der Waals surface area contributed by atoms with Crippen molar-refractivity contribution in [1.82, 2.24) is 10.6 Å². The molecule has 1 fully saturated rings. The van der Waals surface area contributed by atoms with Crippen LogP contribution in [0.15, 0.2) is 28.4 Å². The summed E-state index contributed by atoms with van der Waals surface area (Å²) < 4.78 is 16.6. The Kier molecular flexibility index (Phi) is 7.70. The van der Waals surface area contributed by atoms with E-state index in [4.69, 9.17) is 19.5 Å². The lowest BCUT2D eigenvalue weighted by Crippen LogP contribution is -2.51. The Morgan fingerprint density at radius 3 is 2.75 bits per heavy atom. The fourth-order valence-corrected chi connectivity index (χ4v) is 3.56. The van der Waals surface area contributed by atoms with Crippen LogP contribution in [0.25, 0.3) is 0 Å². The second kappa shape index (κ2) is 9.99. The van der Waals surface area contributed by atoms with Crippen molar-refractivity contribution in [2.75, 3.05) is 20.3 Å². The smallest absolute Gasteiger partial charge is 0.319 e. The molecule has 1 aromatic rings. The van der Waals surface area contributed by atoms with Crippen LogP contribution < -0.4 is 20.1 Å². The predicted molar refractivity (Wildman–Crippen MR) is 105 cm³/mol. The number of hydrogen-bond acceptors (Lipinski definition) is 6. The van der Waals surface area contributed by atoms with Crippen LogP contribution in [0.1, 0.15) is 31.9 Å². The van der Waals surface area contributed by atoms with Gasteiger partial charge in [-0.2, -0.15) is 5.26 Å². The second-order valence-electron chi connectivity index (χ2n) is 5.85. The number of benzene rings is 1. The van der Waals surface area contributed by atoms with Gasteiger partial charge >= 0.3 is 12.0 Å². The Morgan fingerprint density at radius 1 is 1.39 bits per heavy atom. The van der Waals surface area contributed by atoms with Gasteiger partial charge in [0, 0.05) is 5.70 Å². The summed E-state index contributed by atoms with van der Waals surface area (Å²) >= 11 is 3.41. The summed E-state index contributed by atoms with van der Waals surface area (Å²) in [6, 6.07) is 4.22. The van der Waals surface area contributed by atoms with Crippen molar-refractivity contribution in [2.45, 2.75) is 26.3 Å². The van der Waals surface area contributed by atoms with Crippen LogP contribution in [0.2, 0.25) is 0 Å². The zero-order chi connectivity index (χ0) is 20.7. The molecule has 2 rings (SSSR count). The van der Waals surface area contributed by atoms with E-state index in [0.717, 1.165) is 0 Å². The van der Waals surface area contributed by atoms with Crippen LogP contribution in [-0.2, 0) is 9.53 Å². The SMILES string of the molecule is CC/C=C1/NC(=O)N[C@H](c2cc(Br)c(OCC#N)c(OC)c2)[C@H]1C(=O)OCC. The first-order valence-electron chi connectivity index (χ1n) is 8.78. The number of urea groups is 1. The van der Waals surface area contributed by atoms with Crippen molar-refractivity contribution in [3.8, 4) is 17.6 Å². The van der Waals surface area contributed by atoms with Gasteiger partial charge in [0.1, 0.15) is 12.0 Å². The van der Waals surface area contributed by atoms with Crippen LogP contribution in [0.4, 0.5) is 4.79 Å². The van der Waals surface area contributed by atoms with Gasteiger partial charge in [-0.05, 0) is 47.0 Å². The third-order valence-corrected chi connectivity index (χ3v) is 4.66. The summed E-state index contributed by atoms with van der Waals surface area (Å²) in [5, 5.41) is 14.2. The van der Waals surface area contributed by atoms with Crippen molar-refractivity contribution >= 4 is 27.9 Å². The van der Waals surface area contributed by atoms with Gasteiger partial charge in [0.15, 0.2) is 18.1 Å². The van der Waals surface area contributed by atoms with E-state index in [1.165, 1.54) is 7.11 Å². The van der Waals surface area contributed by atoms with E-state index in [0.29, 0.717) is 33.7 Å². The number of hydrogen-bond donors (Lipinski definition) is 2. The van der Waals surface area contributed by atoms with E-state index in [1.54, 1.807) is 25.1 Å². The van der Waals surface area contributed by atoms with Crippen LogP contribution in [0.5, 0.6) is 11.5 Å². The average Bonchev–Trinajstić information content (AvgIpc) is 2.66. The number of carbonyl (C=O) groups is 2. The maximum absolute atomic E-state index is 12.7. The lowest BCUT2D eigenvalue weighted by atomic mass is 9.88. The lowest BCUT2D eigenvalue weighted by Gasteiger charge is -2.34. The van der Waals surface area contributed by atoms with Gasteiger partial charge in [0.25, 0.3) is 0 Å². The molecule has 0 saturated carbocycles. The second-order valence-corrected chi connectivity index (χ2v) is 6.71. The Hall–Kier alpha value is -2.73. The van der Waals surface area contributed by atoms with Gasteiger partial charge in [-0.25, -0.2) is 4.79 Å². The molecule has 0 bridgehead atoms. The van der Waals surface area contributed by atoms with Crippen LogP contribution in [-0.4, -0.2) is 32.3 Å². The summed E-state index contributed by atoms with van der Waals surface area (Å²) in [6.07, 6.45) is 2.44. The molecule has 2 atom stereocenters. The van der Waals surface area contributed by atoms with Gasteiger partial charge in [0.05, 0.1) is 24.2 Å². The number of amides is 2. The maximum Gasteiger partial charge on any atom is 0.319 e. The first-order valence-corrected chi connectivity index (χ1v) is 9.57. The number of ether oxygens (including phenoxy) is 3. The largest absolute Gasteiger partial charge is 0.493 e. The molecule has 2 amide bonds. The van der Waals surface area contributed by atoms with Crippen molar-refractivity contribution in [1.29, 1.82) is 5.26 Å². The van der Waals surface area contributed by atoms with Crippen molar-refractivity contribution in [2.24, 2.45) is 5.92 Å². The molecule has 1 aliphatic heterocycles. The maximum atomic E-state index is 12.7. The molecule has 2 N–H and O–H groups in total. The molecule has 0 spiro atoms. The molecule has 0 aromatic heterocycles. The van der Waals surface area contributed by atoms with Gasteiger partial charge in [-0.3, -0.25) is 4.79 Å². The van der Waals surface area contributed by atoms with Crippen molar-refractivity contribution < 1.29 is 23.8 Å². The van der Waals surface area contributed by atoms with Crippen LogP contribution in [0, 0.1) is 17.2 Å². The number of esters is 1. The number of methoxy groups -OCH3 is 1. The predicted octanol–water partition coefficient (Wildman–Crippen LogP) is 3.19. The number of halogens is 1. The van der Waals surface area contributed by atoms with Gasteiger partial charge < -0.3 is 24.8 Å². The number of nitriles is 1. The van der Waals surface area contributed by atoms with Crippen LogP contribution >= 0.6 is 15.9 Å². The summed E-state index contributed by atoms with van der Waals surface area (Å²) in [4.78, 5) is 24.9. The molecule has 28 heavy (non-hydrogen) atoms. The third-order valence-electron chi connectivity index (χ3n) is 4.07. The Morgan fingerprint density at radius 2 is 2.14 bits per heavy atom. The molecule has 0 unspecified atom stereocenters. The number of carbonyl (C=O) groups excluding carboxylic acids is 2. The van der Waals surface area contributed by atoms with E-state index >= 15 is 0 Å². The van der Waals surface area contributed by atoms with Crippen molar-refractivity contribution in [3.63, 3.8) is 0 Å². The van der Waals surface area contributed by atoms with Gasteiger partial charge in [-0.1, -0.05) is 13.0 Å². The molecule has 0 aliphatic carbocycles. The van der Waals surface area contributed by atoms with Gasteiger partial charge in [-0.15, -0.1) is 0 Å². The lowest BCUT2D eigenvalue weighted by molar-refractivity contribution is -0.147. The van der Waals surface area contributed by atoms with Crippen LogP contribution in [0.3, 0.4) is 0 Å². The summed E-state index contributed by atoms with van der Waals surface area (Å²) in [5.74, 6) is -0.444. The Balaban J connectivity index is 2.53. The minimum Gasteiger partial charge on any atom is -0.493 e. The van der Waals surface area contributed by atoms with E-state index in [1.807, 2.05) is 13.0 Å². The number of rotatable bonds is 7. The topological polar surface area (TPSA) is 110 Å². The Labute approximate surface area is 172 Å². The molecule has 0 radical (unpaired) electrons. The number of allylic oxidation sites excluding steroid dienone is 1. The summed E-state index contributed by atoms with van der Waals surface area (Å²) in [5.41, 5.74) is 1.12. The zero-order valence-electron chi connectivity index (χ0n) is 15.9. The highest BCUT2D eigenvalue weighted by Gasteiger charge is 2.40. The first kappa shape index (κ1) is 21.6. The van der Waals surface area contributed by atoms with E-state index in [-0.39, 0.29) is 13.2 Å². The molecule has 1 saturated heterocycles. The van der Waals surface area contributed by atoms with E-state index < -0.39 is 24.0 Å². The Bertz CT molecular complexity index is 819. The minimum absolute atomic E-state index is 0.146. The van der Waals surface area contributed by atoms with Crippen molar-refractivity contribution in [3.05, 3.63) is 33.9 Å². The molecule has 1 aromatic carbocycles. The quantitative estimate of drug-likeness (QED) is 0.615. The molecule has 150 valence electrons. The van der Waals surface area contributed by atoms with Gasteiger partial charge in [0.2, 0.25) is 0 Å². The fourth-order valence-electron chi connectivity index (χ4n) is 2.98. The number of nitrogens with one attached hydrogen (secondary N) is 2. The highest BCUT2D eigenvalue weighted by molar-refractivity contribution is 9.10. The molecule has 1 heterocycles. The average molecular weight is 452 g/mol. The minimum atomic E-state index is -0.736. The third kappa shape index (κ3) is 4.75. The molecule has 9 heteroatoms. The molecular formula is C19H22BrN3O5. The standard InChI is InChI=1S/C19H22BrN3O5/c1-4-6-13-15(18(24)27-5-2)16(23-19(25)22-13)11-9-12(20)17(28-8-7-21)14(10-11)26-3/h6,9-10,15-16H,4-5,8H2,1-3H3,(H2,22,23,25)/b13-6+/t15-,16+/m0/s1. The number of nitrogens with zero attached hydrogens (tertiary/aromatic N) is 1. The normalized spacial score (nSPS) is 20.0. The molecular weight excluding hydrogens is 430 g/mol.